The van der Waals surface area contributed by atoms with E-state index < -0.39 is 12.1 Å². The maximum absolute atomic E-state index is 10.4. The number of methoxy groups -OCH3 is 1. The van der Waals surface area contributed by atoms with Gasteiger partial charge in [0.15, 0.2) is 0 Å². The summed E-state index contributed by atoms with van der Waals surface area (Å²) in [6, 6.07) is -0.632. The van der Waals surface area contributed by atoms with Crippen LogP contribution in [-0.2, 0) is 4.74 Å². The zero-order valence-corrected chi connectivity index (χ0v) is 7.70. The number of aliphatic hydroxyl groups is 2. The van der Waals surface area contributed by atoms with Gasteiger partial charge in [0.25, 0.3) is 0 Å². The van der Waals surface area contributed by atoms with Crippen molar-refractivity contribution in [1.29, 1.82) is 0 Å². The molecule has 0 spiro atoms. The lowest BCUT2D eigenvalue weighted by atomic mass is 10.3. The van der Waals surface area contributed by atoms with Crippen LogP contribution in [0.15, 0.2) is 0 Å². The summed E-state index contributed by atoms with van der Waals surface area (Å²) < 4.78 is 4.21. The molecule has 1 amide bonds. The van der Waals surface area contributed by atoms with Crippen LogP contribution in [0, 0.1) is 0 Å². The fraction of sp³-hybridized carbons (Fsp3) is 0.857. The molecule has 5 heteroatoms. The van der Waals surface area contributed by atoms with Crippen LogP contribution < -0.4 is 5.32 Å². The Hall–Kier alpha value is -0.810. The summed E-state index contributed by atoms with van der Waals surface area (Å²) in [6.45, 7) is 3.40. The normalized spacial score (nSPS) is 8.50. The van der Waals surface area contributed by atoms with Crippen molar-refractivity contribution in [2.24, 2.45) is 0 Å². The van der Waals surface area contributed by atoms with Crippen LogP contribution in [0.3, 0.4) is 0 Å². The first-order chi connectivity index (χ1) is 5.74. The number of carbonyl (C=O) groups is 1. The molecule has 3 N–H and O–H groups in total. The van der Waals surface area contributed by atoms with Gasteiger partial charge in [-0.2, -0.15) is 0 Å². The Bertz CT molecular complexity index is 104. The highest BCUT2D eigenvalue weighted by Gasteiger charge is 2.08. The van der Waals surface area contributed by atoms with Crippen LogP contribution in [0.4, 0.5) is 4.79 Å². The quantitative estimate of drug-likeness (QED) is 0.557. The van der Waals surface area contributed by atoms with E-state index in [2.05, 4.69) is 10.1 Å². The SMILES string of the molecule is CC.COC(=O)NC(CO)CO. The highest BCUT2D eigenvalue weighted by molar-refractivity contribution is 5.67. The molecule has 0 unspecified atom stereocenters. The fourth-order valence-electron chi connectivity index (χ4n) is 0.375. The molecule has 0 aliphatic rings. The Morgan fingerprint density at radius 2 is 1.83 bits per heavy atom. The number of hydrogen-bond donors (Lipinski definition) is 3. The molecule has 0 bridgehead atoms. The number of hydrogen-bond acceptors (Lipinski definition) is 4. The Morgan fingerprint density at radius 1 is 1.42 bits per heavy atom. The predicted molar refractivity (Wildman–Crippen MR) is 44.8 cm³/mol. The molecule has 0 atom stereocenters. The minimum atomic E-state index is -0.659. The topological polar surface area (TPSA) is 78.8 Å². The highest BCUT2D eigenvalue weighted by atomic mass is 16.5. The first-order valence-electron chi connectivity index (χ1n) is 3.80. The lowest BCUT2D eigenvalue weighted by Gasteiger charge is -2.10. The summed E-state index contributed by atoms with van der Waals surface area (Å²) in [5.41, 5.74) is 0. The van der Waals surface area contributed by atoms with Gasteiger partial charge in [0.05, 0.1) is 26.4 Å². The second kappa shape index (κ2) is 10.2. The minimum absolute atomic E-state index is 0.300. The van der Waals surface area contributed by atoms with E-state index in [1.165, 1.54) is 7.11 Å². The van der Waals surface area contributed by atoms with Crippen molar-refractivity contribution in [3.8, 4) is 0 Å². The smallest absolute Gasteiger partial charge is 0.407 e. The van der Waals surface area contributed by atoms with Crippen LogP contribution in [0.25, 0.3) is 0 Å². The largest absolute Gasteiger partial charge is 0.453 e. The zero-order valence-electron chi connectivity index (χ0n) is 7.70. The molecule has 12 heavy (non-hydrogen) atoms. The molecular weight excluding hydrogens is 162 g/mol. The number of amides is 1. The van der Waals surface area contributed by atoms with Gasteiger partial charge in [-0.15, -0.1) is 0 Å². The number of rotatable bonds is 3. The second-order valence-electron chi connectivity index (χ2n) is 1.70. The minimum Gasteiger partial charge on any atom is -0.453 e. The molecule has 0 heterocycles. The lowest BCUT2D eigenvalue weighted by molar-refractivity contribution is 0.137. The van der Waals surface area contributed by atoms with Crippen molar-refractivity contribution in [3.05, 3.63) is 0 Å². The predicted octanol–water partition coefficient (Wildman–Crippen LogP) is -0.278. The van der Waals surface area contributed by atoms with Crippen molar-refractivity contribution in [2.75, 3.05) is 20.3 Å². The van der Waals surface area contributed by atoms with E-state index in [0.29, 0.717) is 0 Å². The van der Waals surface area contributed by atoms with Crippen LogP contribution in [-0.4, -0.2) is 42.7 Å². The zero-order chi connectivity index (χ0) is 9.98. The number of alkyl carbamates (subject to hydrolysis) is 1. The maximum Gasteiger partial charge on any atom is 0.407 e. The summed E-state index contributed by atoms with van der Waals surface area (Å²) in [7, 11) is 1.21. The Balaban J connectivity index is 0. The monoisotopic (exact) mass is 179 g/mol. The first kappa shape index (κ1) is 13.8. The van der Waals surface area contributed by atoms with Gasteiger partial charge in [-0.25, -0.2) is 4.79 Å². The van der Waals surface area contributed by atoms with Crippen molar-refractivity contribution < 1.29 is 19.7 Å². The third kappa shape index (κ3) is 7.30. The number of ether oxygens (including phenoxy) is 1. The number of aliphatic hydroxyl groups excluding tert-OH is 2. The molecule has 0 aromatic carbocycles. The molecule has 0 aromatic heterocycles. The first-order valence-corrected chi connectivity index (χ1v) is 3.80. The van der Waals surface area contributed by atoms with Crippen LogP contribution >= 0.6 is 0 Å². The van der Waals surface area contributed by atoms with Gasteiger partial charge < -0.3 is 20.3 Å². The summed E-state index contributed by atoms with van der Waals surface area (Å²) in [5, 5.41) is 19.1. The van der Waals surface area contributed by atoms with Gasteiger partial charge in [0.1, 0.15) is 0 Å². The molecule has 0 radical (unpaired) electrons. The van der Waals surface area contributed by atoms with Crippen molar-refractivity contribution in [1.82, 2.24) is 5.32 Å². The second-order valence-corrected chi connectivity index (χ2v) is 1.70. The van der Waals surface area contributed by atoms with Gasteiger partial charge in [-0.1, -0.05) is 13.8 Å². The van der Waals surface area contributed by atoms with E-state index in [1.807, 2.05) is 13.8 Å². The van der Waals surface area contributed by atoms with Gasteiger partial charge in [0, 0.05) is 0 Å². The fourth-order valence-corrected chi connectivity index (χ4v) is 0.375. The number of carbonyl (C=O) groups excluding carboxylic acids is 1. The third-order valence-electron chi connectivity index (χ3n) is 0.948. The van der Waals surface area contributed by atoms with Crippen LogP contribution in [0.1, 0.15) is 13.8 Å². The third-order valence-corrected chi connectivity index (χ3v) is 0.948. The van der Waals surface area contributed by atoms with E-state index >= 15 is 0 Å². The summed E-state index contributed by atoms with van der Waals surface area (Å²) in [5.74, 6) is 0. The molecule has 0 aliphatic heterocycles. The van der Waals surface area contributed by atoms with Crippen LogP contribution in [0.2, 0.25) is 0 Å². The van der Waals surface area contributed by atoms with E-state index in [1.54, 1.807) is 0 Å². The average molecular weight is 179 g/mol. The summed E-state index contributed by atoms with van der Waals surface area (Å²) in [6.07, 6.45) is -0.659. The van der Waals surface area contributed by atoms with Crippen LogP contribution in [0.5, 0.6) is 0 Å². The summed E-state index contributed by atoms with van der Waals surface area (Å²) >= 11 is 0. The van der Waals surface area contributed by atoms with Gasteiger partial charge in [-0.3, -0.25) is 0 Å². The molecule has 5 nitrogen and oxygen atoms in total. The van der Waals surface area contributed by atoms with E-state index in [-0.39, 0.29) is 13.2 Å². The molecule has 0 saturated heterocycles. The van der Waals surface area contributed by atoms with Crippen molar-refractivity contribution in [3.63, 3.8) is 0 Å². The molecule has 0 fully saturated rings. The molecule has 74 valence electrons. The van der Waals surface area contributed by atoms with E-state index in [9.17, 15) is 4.79 Å². The molecule has 0 aliphatic carbocycles. The highest BCUT2D eigenvalue weighted by Crippen LogP contribution is 1.80. The molecule has 0 saturated carbocycles. The molecular formula is C7H17NO4. The Labute approximate surface area is 72.3 Å². The van der Waals surface area contributed by atoms with E-state index in [0.717, 1.165) is 0 Å². The van der Waals surface area contributed by atoms with Crippen molar-refractivity contribution >= 4 is 6.09 Å². The standard InChI is InChI=1S/C5H11NO4.C2H6/c1-10-5(9)6-4(2-7)3-8;1-2/h4,7-8H,2-3H2,1H3,(H,6,9);1-2H3. The van der Waals surface area contributed by atoms with Gasteiger partial charge in [-0.05, 0) is 0 Å². The average Bonchev–Trinajstić information content (AvgIpc) is 2.16. The number of nitrogens with one attached hydrogen (secondary N) is 1. The Morgan fingerprint density at radius 3 is 2.08 bits per heavy atom. The van der Waals surface area contributed by atoms with Gasteiger partial charge in [0.2, 0.25) is 0 Å². The van der Waals surface area contributed by atoms with E-state index in [4.69, 9.17) is 10.2 Å². The Kier molecular flexibility index (Phi) is 11.7. The maximum atomic E-state index is 10.4. The van der Waals surface area contributed by atoms with Gasteiger partial charge >= 0.3 is 6.09 Å². The van der Waals surface area contributed by atoms with Crippen molar-refractivity contribution in [2.45, 2.75) is 19.9 Å². The molecule has 0 rings (SSSR count). The summed E-state index contributed by atoms with van der Waals surface area (Å²) in [4.78, 5) is 10.4. The molecule has 0 aromatic rings. The lowest BCUT2D eigenvalue weighted by Crippen LogP contribution is -2.39.